The minimum absolute atomic E-state index is 0.0622. The Hall–Kier alpha value is -1.29. The Morgan fingerprint density at radius 1 is 1.33 bits per heavy atom. The first-order chi connectivity index (χ1) is 7.10. The highest BCUT2D eigenvalue weighted by atomic mass is 32.2. The van der Waals surface area contributed by atoms with E-state index in [1.165, 1.54) is 25.8 Å². The Kier molecular flexibility index (Phi) is 3.91. The van der Waals surface area contributed by atoms with Crippen LogP contribution in [-0.2, 0) is 4.74 Å². The van der Waals surface area contributed by atoms with E-state index in [2.05, 4.69) is 4.74 Å². The van der Waals surface area contributed by atoms with Crippen molar-refractivity contribution >= 4 is 23.5 Å². The molecule has 3 nitrogen and oxygen atoms in total. The largest absolute Gasteiger partial charge is 0.465 e. The van der Waals surface area contributed by atoms with E-state index in [9.17, 15) is 9.59 Å². The van der Waals surface area contributed by atoms with Gasteiger partial charge in [-0.3, -0.25) is 4.79 Å². The number of ether oxygens (including phenoxy) is 1. The Bertz CT molecular complexity index is 399. The van der Waals surface area contributed by atoms with Gasteiger partial charge in [-0.05, 0) is 25.3 Å². The fraction of sp³-hybridized carbons (Fsp3) is 0.273. The lowest BCUT2D eigenvalue weighted by Gasteiger charge is -2.06. The predicted molar refractivity (Wildman–Crippen MR) is 59.6 cm³/mol. The van der Waals surface area contributed by atoms with Crippen LogP contribution in [0.1, 0.15) is 27.6 Å². The maximum Gasteiger partial charge on any atom is 0.339 e. The van der Waals surface area contributed by atoms with Gasteiger partial charge in [0, 0.05) is 10.5 Å². The van der Waals surface area contributed by atoms with Crippen molar-refractivity contribution in [2.75, 3.05) is 13.4 Å². The SMILES string of the molecule is COC(=O)c1cc(C(C)=O)ccc1SC. The zero-order valence-corrected chi connectivity index (χ0v) is 9.68. The summed E-state index contributed by atoms with van der Waals surface area (Å²) in [5.41, 5.74) is 0.964. The van der Waals surface area contributed by atoms with E-state index < -0.39 is 5.97 Å². The van der Waals surface area contributed by atoms with Crippen LogP contribution in [0.4, 0.5) is 0 Å². The summed E-state index contributed by atoms with van der Waals surface area (Å²) >= 11 is 1.45. The van der Waals surface area contributed by atoms with E-state index in [1.54, 1.807) is 18.2 Å². The van der Waals surface area contributed by atoms with Gasteiger partial charge in [0.05, 0.1) is 12.7 Å². The molecule has 0 amide bonds. The normalized spacial score (nSPS) is 9.80. The summed E-state index contributed by atoms with van der Waals surface area (Å²) in [6.45, 7) is 1.47. The van der Waals surface area contributed by atoms with E-state index in [-0.39, 0.29) is 5.78 Å². The highest BCUT2D eigenvalue weighted by Gasteiger charge is 2.13. The molecule has 0 saturated carbocycles. The molecule has 4 heteroatoms. The Morgan fingerprint density at radius 3 is 2.47 bits per heavy atom. The van der Waals surface area contributed by atoms with Crippen molar-refractivity contribution in [3.8, 4) is 0 Å². The molecule has 80 valence electrons. The predicted octanol–water partition coefficient (Wildman–Crippen LogP) is 2.40. The summed E-state index contributed by atoms with van der Waals surface area (Å²) in [5.74, 6) is -0.477. The second kappa shape index (κ2) is 4.98. The number of hydrogen-bond donors (Lipinski definition) is 0. The molecular weight excluding hydrogens is 212 g/mol. The fourth-order valence-electron chi connectivity index (χ4n) is 1.20. The second-order valence-corrected chi connectivity index (χ2v) is 3.81. The molecule has 0 aliphatic heterocycles. The molecule has 0 saturated heterocycles. The van der Waals surface area contributed by atoms with E-state index in [4.69, 9.17) is 0 Å². The monoisotopic (exact) mass is 224 g/mol. The van der Waals surface area contributed by atoms with Crippen molar-refractivity contribution in [3.05, 3.63) is 29.3 Å². The topological polar surface area (TPSA) is 43.4 Å². The van der Waals surface area contributed by atoms with Crippen LogP contribution in [-0.4, -0.2) is 25.1 Å². The lowest BCUT2D eigenvalue weighted by molar-refractivity contribution is 0.0597. The van der Waals surface area contributed by atoms with Gasteiger partial charge in [0.1, 0.15) is 0 Å². The van der Waals surface area contributed by atoms with Gasteiger partial charge in [-0.15, -0.1) is 11.8 Å². The Morgan fingerprint density at radius 2 is 2.00 bits per heavy atom. The number of rotatable bonds is 3. The van der Waals surface area contributed by atoms with Crippen molar-refractivity contribution in [3.63, 3.8) is 0 Å². The molecule has 0 unspecified atom stereocenters. The van der Waals surface area contributed by atoms with Crippen LogP contribution >= 0.6 is 11.8 Å². The highest BCUT2D eigenvalue weighted by Crippen LogP contribution is 2.22. The van der Waals surface area contributed by atoms with Crippen molar-refractivity contribution in [1.82, 2.24) is 0 Å². The summed E-state index contributed by atoms with van der Waals surface area (Å²) in [6, 6.07) is 5.04. The van der Waals surface area contributed by atoms with Crippen LogP contribution in [0.3, 0.4) is 0 Å². The van der Waals surface area contributed by atoms with Crippen LogP contribution in [0.5, 0.6) is 0 Å². The average molecular weight is 224 g/mol. The van der Waals surface area contributed by atoms with Gasteiger partial charge in [0.2, 0.25) is 0 Å². The lowest BCUT2D eigenvalue weighted by atomic mass is 10.1. The van der Waals surface area contributed by atoms with Crippen LogP contribution in [0.2, 0.25) is 0 Å². The van der Waals surface area contributed by atoms with Gasteiger partial charge in [-0.25, -0.2) is 4.79 Å². The third-order valence-corrected chi connectivity index (χ3v) is 2.81. The number of Topliss-reactive ketones (excluding diaryl/α,β-unsaturated/α-hetero) is 1. The van der Waals surface area contributed by atoms with E-state index in [0.29, 0.717) is 11.1 Å². The summed E-state index contributed by atoms with van der Waals surface area (Å²) in [5, 5.41) is 0. The second-order valence-electron chi connectivity index (χ2n) is 2.96. The molecule has 0 N–H and O–H groups in total. The molecule has 0 fully saturated rings. The van der Waals surface area contributed by atoms with Crippen molar-refractivity contribution in [2.24, 2.45) is 0 Å². The van der Waals surface area contributed by atoms with Crippen LogP contribution in [0.15, 0.2) is 23.1 Å². The van der Waals surface area contributed by atoms with Gasteiger partial charge in [-0.2, -0.15) is 0 Å². The zero-order valence-electron chi connectivity index (χ0n) is 8.87. The first-order valence-electron chi connectivity index (χ1n) is 4.37. The van der Waals surface area contributed by atoms with E-state index >= 15 is 0 Å². The number of hydrogen-bond acceptors (Lipinski definition) is 4. The fourth-order valence-corrected chi connectivity index (χ4v) is 1.76. The first kappa shape index (κ1) is 11.8. The van der Waals surface area contributed by atoms with Gasteiger partial charge in [0.15, 0.2) is 5.78 Å². The van der Waals surface area contributed by atoms with Crippen LogP contribution < -0.4 is 0 Å². The van der Waals surface area contributed by atoms with E-state index in [1.807, 2.05) is 6.26 Å². The molecule has 0 bridgehead atoms. The molecular formula is C11H12O3S. The number of benzene rings is 1. The summed E-state index contributed by atoms with van der Waals surface area (Å²) in [4.78, 5) is 23.4. The molecule has 0 heterocycles. The van der Waals surface area contributed by atoms with Crippen LogP contribution in [0.25, 0.3) is 0 Å². The number of methoxy groups -OCH3 is 1. The smallest absolute Gasteiger partial charge is 0.339 e. The lowest BCUT2D eigenvalue weighted by Crippen LogP contribution is -2.05. The molecule has 0 aromatic heterocycles. The summed E-state index contributed by atoms with van der Waals surface area (Å²) in [7, 11) is 1.33. The minimum Gasteiger partial charge on any atom is -0.465 e. The third kappa shape index (κ3) is 2.59. The zero-order chi connectivity index (χ0) is 11.4. The molecule has 1 aromatic rings. The minimum atomic E-state index is -0.414. The van der Waals surface area contributed by atoms with Gasteiger partial charge in [-0.1, -0.05) is 6.07 Å². The molecule has 0 atom stereocenters. The molecule has 1 rings (SSSR count). The number of esters is 1. The van der Waals surface area contributed by atoms with Gasteiger partial charge >= 0.3 is 5.97 Å². The molecule has 0 aliphatic rings. The molecule has 0 radical (unpaired) electrons. The van der Waals surface area contributed by atoms with Crippen molar-refractivity contribution in [1.29, 1.82) is 0 Å². The average Bonchev–Trinajstić information content (AvgIpc) is 2.27. The number of thioether (sulfide) groups is 1. The Labute approximate surface area is 92.8 Å². The molecule has 1 aromatic carbocycles. The maximum absolute atomic E-state index is 11.4. The molecule has 15 heavy (non-hydrogen) atoms. The first-order valence-corrected chi connectivity index (χ1v) is 5.60. The van der Waals surface area contributed by atoms with Gasteiger partial charge in [0.25, 0.3) is 0 Å². The summed E-state index contributed by atoms with van der Waals surface area (Å²) < 4.78 is 4.65. The quantitative estimate of drug-likeness (QED) is 0.449. The van der Waals surface area contributed by atoms with Crippen LogP contribution in [0, 0.1) is 0 Å². The summed E-state index contributed by atoms with van der Waals surface area (Å²) in [6.07, 6.45) is 1.87. The Balaban J connectivity index is 3.25. The number of carbonyl (C=O) groups is 2. The number of carbonyl (C=O) groups excluding carboxylic acids is 2. The third-order valence-electron chi connectivity index (χ3n) is 2.01. The highest BCUT2D eigenvalue weighted by molar-refractivity contribution is 7.98. The standard InChI is InChI=1S/C11H12O3S/c1-7(12)8-4-5-10(15-3)9(6-8)11(13)14-2/h4-6H,1-3H3. The molecule has 0 spiro atoms. The number of ketones is 1. The van der Waals surface area contributed by atoms with Crippen molar-refractivity contribution < 1.29 is 14.3 Å². The maximum atomic E-state index is 11.4. The molecule has 0 aliphatic carbocycles. The van der Waals surface area contributed by atoms with Gasteiger partial charge < -0.3 is 4.74 Å². The van der Waals surface area contributed by atoms with Crippen molar-refractivity contribution in [2.45, 2.75) is 11.8 Å². The van der Waals surface area contributed by atoms with E-state index in [0.717, 1.165) is 4.90 Å².